The third-order valence-corrected chi connectivity index (χ3v) is 1.60. The van der Waals surface area contributed by atoms with Gasteiger partial charge in [-0.2, -0.15) is 0 Å². The van der Waals surface area contributed by atoms with E-state index in [1.54, 1.807) is 0 Å². The Bertz CT molecular complexity index is 315. The molecule has 1 aromatic heterocycles. The van der Waals surface area contributed by atoms with Crippen LogP contribution in [0, 0.1) is 6.92 Å². The highest BCUT2D eigenvalue weighted by molar-refractivity contribution is 5.42. The number of aromatic nitrogens is 1. The average Bonchev–Trinajstić information content (AvgIpc) is 2.09. The Labute approximate surface area is 74.0 Å². The summed E-state index contributed by atoms with van der Waals surface area (Å²) >= 11 is 0. The van der Waals surface area contributed by atoms with Crippen LogP contribution in [-0.4, -0.2) is 17.2 Å². The van der Waals surface area contributed by atoms with Gasteiger partial charge in [0.25, 0.3) is 6.43 Å². The number of halogens is 2. The van der Waals surface area contributed by atoms with E-state index in [0.717, 1.165) is 6.07 Å². The summed E-state index contributed by atoms with van der Waals surface area (Å²) in [5, 5.41) is 9.27. The Morgan fingerprint density at radius 1 is 1.54 bits per heavy atom. The first-order valence-electron chi connectivity index (χ1n) is 3.59. The Balaban J connectivity index is 3.22. The minimum absolute atomic E-state index is 0.0165. The second-order valence-electron chi connectivity index (χ2n) is 2.48. The average molecular weight is 189 g/mol. The number of ether oxygens (including phenoxy) is 1. The second kappa shape index (κ2) is 3.55. The maximum Gasteiger partial charge on any atom is 0.280 e. The molecule has 0 aliphatic heterocycles. The van der Waals surface area contributed by atoms with Crippen LogP contribution >= 0.6 is 0 Å². The van der Waals surface area contributed by atoms with Crippen molar-refractivity contribution < 1.29 is 18.6 Å². The van der Waals surface area contributed by atoms with Gasteiger partial charge in [0.15, 0.2) is 11.5 Å². The van der Waals surface area contributed by atoms with Crippen LogP contribution in [0.1, 0.15) is 17.8 Å². The van der Waals surface area contributed by atoms with Crippen LogP contribution in [0.3, 0.4) is 0 Å². The minimum atomic E-state index is -2.66. The predicted octanol–water partition coefficient (Wildman–Crippen LogP) is 2.04. The third kappa shape index (κ3) is 1.85. The zero-order valence-electron chi connectivity index (χ0n) is 7.21. The first kappa shape index (κ1) is 9.70. The molecular formula is C8H9F2NO2. The molecule has 0 radical (unpaired) electrons. The Morgan fingerprint density at radius 2 is 2.15 bits per heavy atom. The van der Waals surface area contributed by atoms with Gasteiger partial charge in [-0.15, -0.1) is 0 Å². The number of alkyl halides is 2. The summed E-state index contributed by atoms with van der Waals surface area (Å²) in [5.41, 5.74) is -0.262. The summed E-state index contributed by atoms with van der Waals surface area (Å²) < 4.78 is 29.1. The van der Waals surface area contributed by atoms with Crippen LogP contribution in [0.25, 0.3) is 0 Å². The van der Waals surface area contributed by atoms with Crippen molar-refractivity contribution >= 4 is 0 Å². The quantitative estimate of drug-likeness (QED) is 0.774. The van der Waals surface area contributed by atoms with E-state index in [4.69, 9.17) is 4.74 Å². The first-order chi connectivity index (χ1) is 6.06. The highest BCUT2D eigenvalue weighted by atomic mass is 19.3. The van der Waals surface area contributed by atoms with Crippen molar-refractivity contribution in [3.63, 3.8) is 0 Å². The third-order valence-electron chi connectivity index (χ3n) is 1.60. The molecule has 1 rings (SSSR count). The van der Waals surface area contributed by atoms with Crippen LogP contribution in [-0.2, 0) is 0 Å². The molecule has 0 saturated heterocycles. The monoisotopic (exact) mass is 189 g/mol. The van der Waals surface area contributed by atoms with Crippen molar-refractivity contribution in [1.82, 2.24) is 4.98 Å². The lowest BCUT2D eigenvalue weighted by Crippen LogP contribution is -1.96. The molecule has 1 N–H and O–H groups in total. The first-order valence-corrected chi connectivity index (χ1v) is 3.59. The second-order valence-corrected chi connectivity index (χ2v) is 2.48. The van der Waals surface area contributed by atoms with E-state index < -0.39 is 12.1 Å². The van der Waals surface area contributed by atoms with Crippen molar-refractivity contribution in [2.75, 3.05) is 7.11 Å². The molecule has 0 aliphatic rings. The van der Waals surface area contributed by atoms with Crippen LogP contribution in [0.2, 0.25) is 0 Å². The number of aromatic hydroxyl groups is 1. The molecule has 0 fully saturated rings. The summed E-state index contributed by atoms with van der Waals surface area (Å²) in [6.45, 7) is 1.43. The summed E-state index contributed by atoms with van der Waals surface area (Å²) in [7, 11) is 1.30. The van der Waals surface area contributed by atoms with Crippen molar-refractivity contribution in [3.8, 4) is 11.5 Å². The number of pyridine rings is 1. The number of aryl methyl sites for hydroxylation is 1. The number of hydrogen-bond acceptors (Lipinski definition) is 3. The lowest BCUT2D eigenvalue weighted by Gasteiger charge is -2.07. The Hall–Kier alpha value is -1.39. The SMILES string of the molecule is COc1cc(C(F)F)nc(C)c1O. The molecule has 13 heavy (non-hydrogen) atoms. The van der Waals surface area contributed by atoms with Gasteiger partial charge in [-0.3, -0.25) is 0 Å². The number of methoxy groups -OCH3 is 1. The topological polar surface area (TPSA) is 42.4 Å². The lowest BCUT2D eigenvalue weighted by molar-refractivity contribution is 0.145. The maximum absolute atomic E-state index is 12.2. The van der Waals surface area contributed by atoms with Crippen LogP contribution in [0.4, 0.5) is 8.78 Å². The Morgan fingerprint density at radius 3 is 2.62 bits per heavy atom. The van der Waals surface area contributed by atoms with Gasteiger partial charge in [-0.05, 0) is 6.92 Å². The zero-order valence-corrected chi connectivity index (χ0v) is 7.21. The molecule has 0 saturated carbocycles. The summed E-state index contributed by atoms with van der Waals surface area (Å²) in [4.78, 5) is 3.50. The molecule has 0 amide bonds. The van der Waals surface area contributed by atoms with Crippen LogP contribution < -0.4 is 4.74 Å². The van der Waals surface area contributed by atoms with E-state index in [-0.39, 0.29) is 17.2 Å². The van der Waals surface area contributed by atoms with Gasteiger partial charge in [0.1, 0.15) is 5.69 Å². The fourth-order valence-corrected chi connectivity index (χ4v) is 0.927. The van der Waals surface area contributed by atoms with Crippen molar-refractivity contribution in [2.45, 2.75) is 13.3 Å². The molecule has 3 nitrogen and oxygen atoms in total. The normalized spacial score (nSPS) is 10.5. The summed E-state index contributed by atoms with van der Waals surface area (Å²) in [6, 6.07) is 1.02. The maximum atomic E-state index is 12.2. The van der Waals surface area contributed by atoms with Crippen molar-refractivity contribution in [3.05, 3.63) is 17.5 Å². The van der Waals surface area contributed by atoms with Gasteiger partial charge >= 0.3 is 0 Å². The van der Waals surface area contributed by atoms with Gasteiger partial charge in [0, 0.05) is 6.07 Å². The Kier molecular flexibility index (Phi) is 2.65. The number of nitrogens with zero attached hydrogens (tertiary/aromatic N) is 1. The van der Waals surface area contributed by atoms with Crippen molar-refractivity contribution in [1.29, 1.82) is 0 Å². The van der Waals surface area contributed by atoms with Crippen LogP contribution in [0.15, 0.2) is 6.07 Å². The highest BCUT2D eigenvalue weighted by Gasteiger charge is 2.14. The zero-order chi connectivity index (χ0) is 10.0. The highest BCUT2D eigenvalue weighted by Crippen LogP contribution is 2.31. The predicted molar refractivity (Wildman–Crippen MR) is 42.1 cm³/mol. The number of hydrogen-bond donors (Lipinski definition) is 1. The van der Waals surface area contributed by atoms with Gasteiger partial charge in [0.05, 0.1) is 12.8 Å². The van der Waals surface area contributed by atoms with E-state index in [9.17, 15) is 13.9 Å². The van der Waals surface area contributed by atoms with E-state index in [1.807, 2.05) is 0 Å². The molecule has 5 heteroatoms. The summed E-state index contributed by atoms with van der Waals surface area (Å²) in [5.74, 6) is -0.185. The molecule has 0 spiro atoms. The van der Waals surface area contributed by atoms with Crippen molar-refractivity contribution in [2.24, 2.45) is 0 Å². The molecule has 1 aromatic rings. The van der Waals surface area contributed by atoms with E-state index in [0.29, 0.717) is 0 Å². The largest absolute Gasteiger partial charge is 0.503 e. The summed E-state index contributed by atoms with van der Waals surface area (Å²) in [6.07, 6.45) is -2.66. The molecule has 0 unspecified atom stereocenters. The molecule has 1 heterocycles. The molecule has 72 valence electrons. The van der Waals surface area contributed by atoms with E-state index in [2.05, 4.69) is 4.98 Å². The van der Waals surface area contributed by atoms with Crippen LogP contribution in [0.5, 0.6) is 11.5 Å². The fraction of sp³-hybridized carbons (Fsp3) is 0.375. The molecule has 0 atom stereocenters. The molecular weight excluding hydrogens is 180 g/mol. The molecule has 0 bridgehead atoms. The van der Waals surface area contributed by atoms with E-state index >= 15 is 0 Å². The van der Waals surface area contributed by atoms with Gasteiger partial charge < -0.3 is 9.84 Å². The smallest absolute Gasteiger partial charge is 0.280 e. The molecule has 0 aromatic carbocycles. The standard InChI is InChI=1S/C8H9F2NO2/c1-4-7(12)6(13-2)3-5(11-4)8(9)10/h3,8,12H,1-2H3. The van der Waals surface area contributed by atoms with Gasteiger partial charge in [-0.25, -0.2) is 13.8 Å². The lowest BCUT2D eigenvalue weighted by atomic mass is 10.2. The molecule has 0 aliphatic carbocycles. The van der Waals surface area contributed by atoms with Gasteiger partial charge in [0.2, 0.25) is 0 Å². The van der Waals surface area contributed by atoms with E-state index in [1.165, 1.54) is 14.0 Å². The number of rotatable bonds is 2. The fourth-order valence-electron chi connectivity index (χ4n) is 0.927. The minimum Gasteiger partial charge on any atom is -0.503 e. The van der Waals surface area contributed by atoms with Gasteiger partial charge in [-0.1, -0.05) is 0 Å².